The molecule has 2 aromatic rings. The monoisotopic (exact) mass is 335 g/mol. The molecular weight excluding hydrogens is 322 g/mol. The number of hydrogen-bond acceptors (Lipinski definition) is 4. The van der Waals surface area contributed by atoms with Crippen molar-refractivity contribution in [3.8, 4) is 6.07 Å². The maximum atomic E-state index is 12.3. The van der Waals surface area contributed by atoms with E-state index in [1.165, 1.54) is 0 Å². The quantitative estimate of drug-likeness (QED) is 0.864. The van der Waals surface area contributed by atoms with E-state index in [4.69, 9.17) is 9.78 Å². The van der Waals surface area contributed by atoms with Gasteiger partial charge in [-0.15, -0.1) is 0 Å². The lowest BCUT2D eigenvalue weighted by Gasteiger charge is -2.12. The van der Waals surface area contributed by atoms with E-state index >= 15 is 0 Å². The number of nitriles is 1. The molecule has 0 N–H and O–H groups in total. The van der Waals surface area contributed by atoms with E-state index in [-0.39, 0.29) is 11.1 Å². The second-order valence-corrected chi connectivity index (χ2v) is 5.37. The van der Waals surface area contributed by atoms with Gasteiger partial charge in [-0.25, -0.2) is 0 Å². The van der Waals surface area contributed by atoms with Crippen molar-refractivity contribution in [2.75, 3.05) is 0 Å². The third kappa shape index (κ3) is 2.41. The minimum atomic E-state index is -0.296. The molecule has 0 fully saturated rings. The third-order valence-corrected chi connectivity index (χ3v) is 4.14. The zero-order valence-corrected chi connectivity index (χ0v) is 13.1. The Kier molecular flexibility index (Phi) is 4.09. The van der Waals surface area contributed by atoms with Crippen LogP contribution in [0, 0.1) is 25.2 Å². The van der Waals surface area contributed by atoms with Crippen LogP contribution in [-0.2, 0) is 13.0 Å². The Bertz CT molecular complexity index is 753. The molecule has 2 aromatic heterocycles. The van der Waals surface area contributed by atoms with Gasteiger partial charge in [0.25, 0.3) is 5.56 Å². The molecule has 0 unspecified atom stereocenters. The van der Waals surface area contributed by atoms with E-state index in [0.717, 1.165) is 27.8 Å². The van der Waals surface area contributed by atoms with E-state index in [1.54, 1.807) is 10.6 Å². The SMILES string of the molecule is CCc1noc(C)c1Cn1c(C)c(Br)cc(C#N)c1=O. The lowest BCUT2D eigenvalue weighted by molar-refractivity contribution is 0.390. The molecule has 6 heteroatoms. The zero-order valence-electron chi connectivity index (χ0n) is 11.5. The second-order valence-electron chi connectivity index (χ2n) is 4.51. The van der Waals surface area contributed by atoms with Gasteiger partial charge in [-0.2, -0.15) is 5.26 Å². The number of halogens is 1. The molecule has 0 radical (unpaired) electrons. The molecule has 20 heavy (non-hydrogen) atoms. The summed E-state index contributed by atoms with van der Waals surface area (Å²) in [6.07, 6.45) is 0.736. The molecule has 2 heterocycles. The Balaban J connectivity index is 2.60. The van der Waals surface area contributed by atoms with Crippen molar-refractivity contribution in [2.45, 2.75) is 33.7 Å². The number of hydrogen-bond donors (Lipinski definition) is 0. The van der Waals surface area contributed by atoms with Crippen LogP contribution in [0.5, 0.6) is 0 Å². The molecule has 0 spiro atoms. The highest BCUT2D eigenvalue weighted by Crippen LogP contribution is 2.19. The minimum Gasteiger partial charge on any atom is -0.361 e. The van der Waals surface area contributed by atoms with E-state index in [2.05, 4.69) is 21.1 Å². The summed E-state index contributed by atoms with van der Waals surface area (Å²) in [6.45, 7) is 6.00. The van der Waals surface area contributed by atoms with Crippen molar-refractivity contribution < 1.29 is 4.52 Å². The van der Waals surface area contributed by atoms with Crippen LogP contribution in [0.25, 0.3) is 0 Å². The van der Waals surface area contributed by atoms with Crippen LogP contribution in [0.2, 0.25) is 0 Å². The maximum Gasteiger partial charge on any atom is 0.269 e. The predicted octanol–water partition coefficient (Wildman–Crippen LogP) is 2.70. The standard InChI is InChI=1S/C14H14BrN3O2/c1-4-13-11(9(3)20-17-13)7-18-8(2)12(15)5-10(6-16)14(18)19/h5H,4,7H2,1-3H3. The van der Waals surface area contributed by atoms with Crippen LogP contribution in [0.3, 0.4) is 0 Å². The van der Waals surface area contributed by atoms with Crippen LogP contribution in [0.15, 0.2) is 19.9 Å². The average Bonchev–Trinajstić information content (AvgIpc) is 2.79. The first-order valence-electron chi connectivity index (χ1n) is 6.23. The van der Waals surface area contributed by atoms with Crippen molar-refractivity contribution in [3.63, 3.8) is 0 Å². The molecule has 2 rings (SSSR count). The zero-order chi connectivity index (χ0) is 14.9. The normalized spacial score (nSPS) is 10.6. The largest absolute Gasteiger partial charge is 0.361 e. The van der Waals surface area contributed by atoms with Crippen LogP contribution in [-0.4, -0.2) is 9.72 Å². The number of pyridine rings is 1. The van der Waals surface area contributed by atoms with E-state index < -0.39 is 0 Å². The van der Waals surface area contributed by atoms with Gasteiger partial charge in [-0.1, -0.05) is 12.1 Å². The number of rotatable bonds is 3. The molecule has 0 atom stereocenters. The van der Waals surface area contributed by atoms with Crippen molar-refractivity contribution in [2.24, 2.45) is 0 Å². The Morgan fingerprint density at radius 2 is 2.20 bits per heavy atom. The van der Waals surface area contributed by atoms with Crippen LogP contribution in [0.4, 0.5) is 0 Å². The van der Waals surface area contributed by atoms with E-state index in [0.29, 0.717) is 12.3 Å². The topological polar surface area (TPSA) is 71.8 Å². The maximum absolute atomic E-state index is 12.3. The van der Waals surface area contributed by atoms with Gasteiger partial charge in [0.2, 0.25) is 0 Å². The number of aromatic nitrogens is 2. The summed E-state index contributed by atoms with van der Waals surface area (Å²) in [5, 5.41) is 13.0. The number of nitrogens with zero attached hydrogens (tertiary/aromatic N) is 3. The summed E-state index contributed by atoms with van der Waals surface area (Å²) in [6, 6.07) is 3.48. The molecule has 0 saturated heterocycles. The van der Waals surface area contributed by atoms with Gasteiger partial charge in [-0.3, -0.25) is 4.79 Å². The van der Waals surface area contributed by atoms with Crippen molar-refractivity contribution >= 4 is 15.9 Å². The molecule has 0 aromatic carbocycles. The molecule has 104 valence electrons. The van der Waals surface area contributed by atoms with E-state index in [9.17, 15) is 4.79 Å². The predicted molar refractivity (Wildman–Crippen MR) is 77.6 cm³/mol. The summed E-state index contributed by atoms with van der Waals surface area (Å²) in [7, 11) is 0. The van der Waals surface area contributed by atoms with Crippen molar-refractivity contribution in [3.05, 3.63) is 49.2 Å². The lowest BCUT2D eigenvalue weighted by atomic mass is 10.1. The Morgan fingerprint density at radius 3 is 2.80 bits per heavy atom. The van der Waals surface area contributed by atoms with E-state index in [1.807, 2.05) is 26.8 Å². The van der Waals surface area contributed by atoms with Gasteiger partial charge in [-0.05, 0) is 42.3 Å². The van der Waals surface area contributed by atoms with Gasteiger partial charge in [0.1, 0.15) is 17.4 Å². The second kappa shape index (κ2) is 5.63. The number of aryl methyl sites for hydroxylation is 2. The minimum absolute atomic E-state index is 0.120. The fourth-order valence-corrected chi connectivity index (χ4v) is 2.51. The third-order valence-electron chi connectivity index (χ3n) is 3.33. The molecule has 5 nitrogen and oxygen atoms in total. The summed E-state index contributed by atoms with van der Waals surface area (Å²) >= 11 is 3.38. The van der Waals surface area contributed by atoms with Crippen molar-refractivity contribution in [1.82, 2.24) is 9.72 Å². The first kappa shape index (κ1) is 14.5. The lowest BCUT2D eigenvalue weighted by Crippen LogP contribution is -2.26. The average molecular weight is 336 g/mol. The first-order valence-corrected chi connectivity index (χ1v) is 7.03. The Hall–Kier alpha value is -1.87. The van der Waals surface area contributed by atoms with Gasteiger partial charge < -0.3 is 9.09 Å². The highest BCUT2D eigenvalue weighted by molar-refractivity contribution is 9.10. The van der Waals surface area contributed by atoms with Crippen LogP contribution >= 0.6 is 15.9 Å². The summed E-state index contributed by atoms with van der Waals surface area (Å²) in [5.41, 5.74) is 2.34. The Morgan fingerprint density at radius 1 is 1.50 bits per heavy atom. The molecule has 0 saturated carbocycles. The Labute approximate surface area is 124 Å². The van der Waals surface area contributed by atoms with Gasteiger partial charge in [0.15, 0.2) is 0 Å². The molecule has 0 aliphatic carbocycles. The fourth-order valence-electron chi connectivity index (χ4n) is 2.07. The molecular formula is C14H14BrN3O2. The summed E-state index contributed by atoms with van der Waals surface area (Å²) in [4.78, 5) is 12.3. The molecule has 0 bridgehead atoms. The van der Waals surface area contributed by atoms with Crippen molar-refractivity contribution in [1.29, 1.82) is 5.26 Å². The smallest absolute Gasteiger partial charge is 0.269 e. The summed E-state index contributed by atoms with van der Waals surface area (Å²) < 4.78 is 7.49. The molecule has 0 aliphatic rings. The first-order chi connectivity index (χ1) is 9.49. The molecule has 0 aliphatic heterocycles. The van der Waals surface area contributed by atoms with Gasteiger partial charge in [0, 0.05) is 15.7 Å². The highest BCUT2D eigenvalue weighted by Gasteiger charge is 2.16. The van der Waals surface area contributed by atoms with Crippen LogP contribution in [0.1, 0.15) is 35.2 Å². The summed E-state index contributed by atoms with van der Waals surface area (Å²) in [5.74, 6) is 0.701. The fraction of sp³-hybridized carbons (Fsp3) is 0.357. The van der Waals surface area contributed by atoms with Gasteiger partial charge in [0.05, 0.1) is 12.2 Å². The van der Waals surface area contributed by atoms with Crippen LogP contribution < -0.4 is 5.56 Å². The molecule has 0 amide bonds. The van der Waals surface area contributed by atoms with Gasteiger partial charge >= 0.3 is 0 Å². The highest BCUT2D eigenvalue weighted by atomic mass is 79.9.